The summed E-state index contributed by atoms with van der Waals surface area (Å²) in [6.45, 7) is 5.46. The molecule has 2 rings (SSSR count). The van der Waals surface area contributed by atoms with Crippen molar-refractivity contribution in [1.29, 1.82) is 0 Å². The second kappa shape index (κ2) is 8.88. The van der Waals surface area contributed by atoms with E-state index in [1.54, 1.807) is 6.20 Å². The Hall–Kier alpha value is -1.87. The standard InChI is InChI=1S/C18H22BrF3N4O/c1-4-12(5-2)24-16-10(3)8-23-17(26-16)25-13-6-11(9-27)15(19)14(7-13)18(20,21)22/h6-8,12,27H,4-5,9H2,1-3H3,(H2,23,24,25,26). The summed E-state index contributed by atoms with van der Waals surface area (Å²) in [6, 6.07) is 2.63. The molecule has 0 bridgehead atoms. The van der Waals surface area contributed by atoms with E-state index < -0.39 is 18.3 Å². The molecule has 0 aliphatic rings. The molecule has 0 saturated heterocycles. The van der Waals surface area contributed by atoms with E-state index in [9.17, 15) is 18.3 Å². The molecule has 0 amide bonds. The number of nitrogens with one attached hydrogen (secondary N) is 2. The van der Waals surface area contributed by atoms with E-state index in [1.807, 2.05) is 6.92 Å². The van der Waals surface area contributed by atoms with E-state index in [2.05, 4.69) is 50.4 Å². The lowest BCUT2D eigenvalue weighted by atomic mass is 10.1. The van der Waals surface area contributed by atoms with E-state index in [4.69, 9.17) is 0 Å². The Labute approximate surface area is 164 Å². The molecule has 0 aliphatic heterocycles. The molecule has 1 aromatic heterocycles. The molecule has 0 spiro atoms. The van der Waals surface area contributed by atoms with Gasteiger partial charge in [0, 0.05) is 28.0 Å². The number of benzene rings is 1. The molecule has 148 valence electrons. The van der Waals surface area contributed by atoms with Crippen molar-refractivity contribution >= 4 is 33.4 Å². The van der Waals surface area contributed by atoms with Crippen LogP contribution in [0.15, 0.2) is 22.8 Å². The number of aromatic nitrogens is 2. The Kier molecular flexibility index (Phi) is 7.05. The highest BCUT2D eigenvalue weighted by atomic mass is 79.9. The zero-order valence-corrected chi connectivity index (χ0v) is 16.9. The lowest BCUT2D eigenvalue weighted by Gasteiger charge is -2.18. The minimum absolute atomic E-state index is 0.120. The summed E-state index contributed by atoms with van der Waals surface area (Å²) in [5.41, 5.74) is 0.232. The fourth-order valence-electron chi connectivity index (χ4n) is 2.54. The van der Waals surface area contributed by atoms with Gasteiger partial charge >= 0.3 is 6.18 Å². The molecule has 1 heterocycles. The summed E-state index contributed by atoms with van der Waals surface area (Å²) in [7, 11) is 0. The number of hydrogen-bond acceptors (Lipinski definition) is 5. The van der Waals surface area contributed by atoms with Gasteiger partial charge in [0.05, 0.1) is 12.2 Å². The number of aryl methyl sites for hydroxylation is 1. The first-order chi connectivity index (χ1) is 12.7. The minimum atomic E-state index is -4.56. The summed E-state index contributed by atoms with van der Waals surface area (Å²) in [5.74, 6) is 0.810. The SMILES string of the molecule is CCC(CC)Nc1nc(Nc2cc(CO)c(Br)c(C(F)(F)F)c2)ncc1C. The second-order valence-electron chi connectivity index (χ2n) is 6.16. The lowest BCUT2D eigenvalue weighted by molar-refractivity contribution is -0.138. The second-order valence-corrected chi connectivity index (χ2v) is 6.95. The average Bonchev–Trinajstić information content (AvgIpc) is 2.62. The Balaban J connectivity index is 2.37. The zero-order chi connectivity index (χ0) is 20.2. The summed E-state index contributed by atoms with van der Waals surface area (Å²) in [4.78, 5) is 8.53. The van der Waals surface area contributed by atoms with E-state index >= 15 is 0 Å². The number of aliphatic hydroxyl groups excluding tert-OH is 1. The first-order valence-corrected chi connectivity index (χ1v) is 9.36. The monoisotopic (exact) mass is 446 g/mol. The normalized spacial score (nSPS) is 11.7. The summed E-state index contributed by atoms with van der Waals surface area (Å²) < 4.78 is 39.5. The van der Waals surface area contributed by atoms with Crippen molar-refractivity contribution in [3.05, 3.63) is 39.5 Å². The Morgan fingerprint density at radius 1 is 1.22 bits per heavy atom. The third-order valence-corrected chi connectivity index (χ3v) is 5.11. The van der Waals surface area contributed by atoms with Crippen LogP contribution in [0.2, 0.25) is 0 Å². The number of rotatable bonds is 7. The molecule has 0 aliphatic carbocycles. The summed E-state index contributed by atoms with van der Waals surface area (Å²) in [5, 5.41) is 15.5. The lowest BCUT2D eigenvalue weighted by Crippen LogP contribution is -2.19. The number of aliphatic hydroxyl groups is 1. The molecule has 3 N–H and O–H groups in total. The highest BCUT2D eigenvalue weighted by Crippen LogP contribution is 2.39. The van der Waals surface area contributed by atoms with Crippen molar-refractivity contribution in [2.75, 3.05) is 10.6 Å². The first kappa shape index (κ1) is 21.4. The van der Waals surface area contributed by atoms with Crippen LogP contribution >= 0.6 is 15.9 Å². The number of hydrogen-bond donors (Lipinski definition) is 3. The average molecular weight is 447 g/mol. The molecule has 0 saturated carbocycles. The number of nitrogens with zero attached hydrogens (tertiary/aromatic N) is 2. The van der Waals surface area contributed by atoms with Crippen LogP contribution in [0.5, 0.6) is 0 Å². The fraction of sp³-hybridized carbons (Fsp3) is 0.444. The Bertz CT molecular complexity index is 795. The van der Waals surface area contributed by atoms with Crippen LogP contribution in [0.4, 0.5) is 30.6 Å². The molecule has 0 atom stereocenters. The summed E-state index contributed by atoms with van der Waals surface area (Å²) in [6.07, 6.45) is -1.11. The van der Waals surface area contributed by atoms with Crippen molar-refractivity contribution in [3.63, 3.8) is 0 Å². The first-order valence-electron chi connectivity index (χ1n) is 8.57. The molecular formula is C18H22BrF3N4O. The topological polar surface area (TPSA) is 70.1 Å². The number of halogens is 4. The molecular weight excluding hydrogens is 425 g/mol. The maximum atomic E-state index is 13.2. The van der Waals surface area contributed by atoms with Gasteiger partial charge in [-0.25, -0.2) is 4.98 Å². The van der Waals surface area contributed by atoms with E-state index in [0.717, 1.165) is 24.5 Å². The van der Waals surface area contributed by atoms with Crippen LogP contribution in [0.3, 0.4) is 0 Å². The molecule has 1 aromatic carbocycles. The van der Waals surface area contributed by atoms with Crippen LogP contribution in [-0.2, 0) is 12.8 Å². The van der Waals surface area contributed by atoms with Crippen LogP contribution in [0, 0.1) is 6.92 Å². The van der Waals surface area contributed by atoms with Gasteiger partial charge in [-0.3, -0.25) is 0 Å². The molecule has 2 aromatic rings. The molecule has 9 heteroatoms. The molecule has 0 unspecified atom stereocenters. The molecule has 5 nitrogen and oxygen atoms in total. The molecule has 0 fully saturated rings. The van der Waals surface area contributed by atoms with Crippen molar-refractivity contribution < 1.29 is 18.3 Å². The van der Waals surface area contributed by atoms with Gasteiger partial charge in [0.25, 0.3) is 0 Å². The van der Waals surface area contributed by atoms with E-state index in [-0.39, 0.29) is 27.7 Å². The van der Waals surface area contributed by atoms with Gasteiger partial charge in [-0.1, -0.05) is 13.8 Å². The van der Waals surface area contributed by atoms with Gasteiger partial charge in [-0.15, -0.1) is 0 Å². The van der Waals surface area contributed by atoms with Gasteiger partial charge in [0.1, 0.15) is 5.82 Å². The third kappa shape index (κ3) is 5.32. The highest BCUT2D eigenvalue weighted by molar-refractivity contribution is 9.10. The van der Waals surface area contributed by atoms with Crippen molar-refractivity contribution in [1.82, 2.24) is 9.97 Å². The fourth-order valence-corrected chi connectivity index (χ4v) is 3.12. The van der Waals surface area contributed by atoms with Crippen LogP contribution in [-0.4, -0.2) is 21.1 Å². The van der Waals surface area contributed by atoms with Gasteiger partial charge < -0.3 is 15.7 Å². The summed E-state index contributed by atoms with van der Waals surface area (Å²) >= 11 is 2.91. The predicted octanol–water partition coefficient (Wildman–Crippen LogP) is 5.40. The third-order valence-electron chi connectivity index (χ3n) is 4.18. The quantitative estimate of drug-likeness (QED) is 0.530. The molecule has 27 heavy (non-hydrogen) atoms. The zero-order valence-electron chi connectivity index (χ0n) is 15.3. The van der Waals surface area contributed by atoms with Crippen LogP contribution < -0.4 is 10.6 Å². The van der Waals surface area contributed by atoms with Gasteiger partial charge in [0.2, 0.25) is 5.95 Å². The van der Waals surface area contributed by atoms with Gasteiger partial charge in [-0.05, 0) is 53.4 Å². The van der Waals surface area contributed by atoms with E-state index in [0.29, 0.717) is 5.82 Å². The maximum absolute atomic E-state index is 13.2. The number of alkyl halides is 3. The largest absolute Gasteiger partial charge is 0.417 e. The van der Waals surface area contributed by atoms with Crippen LogP contribution in [0.25, 0.3) is 0 Å². The number of anilines is 3. The predicted molar refractivity (Wildman–Crippen MR) is 103 cm³/mol. The van der Waals surface area contributed by atoms with Crippen molar-refractivity contribution in [2.45, 2.75) is 52.4 Å². The smallest absolute Gasteiger partial charge is 0.392 e. The maximum Gasteiger partial charge on any atom is 0.417 e. The molecule has 0 radical (unpaired) electrons. The van der Waals surface area contributed by atoms with Gasteiger partial charge in [0.15, 0.2) is 0 Å². The van der Waals surface area contributed by atoms with Crippen molar-refractivity contribution in [2.24, 2.45) is 0 Å². The van der Waals surface area contributed by atoms with Crippen molar-refractivity contribution in [3.8, 4) is 0 Å². The van der Waals surface area contributed by atoms with Crippen LogP contribution in [0.1, 0.15) is 43.4 Å². The minimum Gasteiger partial charge on any atom is -0.392 e. The van der Waals surface area contributed by atoms with E-state index in [1.165, 1.54) is 6.07 Å². The highest BCUT2D eigenvalue weighted by Gasteiger charge is 2.34. The Morgan fingerprint density at radius 2 is 1.89 bits per heavy atom. The van der Waals surface area contributed by atoms with Gasteiger partial charge in [-0.2, -0.15) is 18.2 Å². The Morgan fingerprint density at radius 3 is 2.44 bits per heavy atom.